The van der Waals surface area contributed by atoms with E-state index in [-0.39, 0.29) is 25.7 Å². The number of carbonyl (C=O) groups excluding carboxylic acids is 4. The summed E-state index contributed by atoms with van der Waals surface area (Å²) >= 11 is 0. The zero-order valence-electron chi connectivity index (χ0n) is 52.8. The molecular weight excluding hydrogens is 1090 g/mol. The number of ether oxygens (including phenoxy) is 4. The van der Waals surface area contributed by atoms with Crippen LogP contribution in [0.3, 0.4) is 0 Å². The zero-order chi connectivity index (χ0) is 60.8. The summed E-state index contributed by atoms with van der Waals surface area (Å²) in [5.41, 5.74) is 0. The van der Waals surface area contributed by atoms with E-state index in [1.807, 2.05) is 0 Å². The zero-order valence-corrected chi connectivity index (χ0v) is 54.6. The molecule has 0 aliphatic rings. The number of hydrogen-bond donors (Lipinski definition) is 3. The predicted molar refractivity (Wildman–Crippen MR) is 326 cm³/mol. The minimum Gasteiger partial charge on any atom is -0.462 e. The molecule has 0 aromatic carbocycles. The van der Waals surface area contributed by atoms with Crippen LogP contribution in [-0.4, -0.2) is 96.7 Å². The topological polar surface area (TPSA) is 237 Å². The molecule has 0 aromatic heterocycles. The van der Waals surface area contributed by atoms with Gasteiger partial charge in [-0.2, -0.15) is 0 Å². The van der Waals surface area contributed by atoms with E-state index in [4.69, 9.17) is 37.0 Å². The average Bonchev–Trinajstić information content (AvgIpc) is 3.43. The highest BCUT2D eigenvalue weighted by Gasteiger charge is 2.30. The molecule has 0 aromatic rings. The second kappa shape index (κ2) is 55.6. The minimum atomic E-state index is -4.94. The first-order valence-corrected chi connectivity index (χ1v) is 36.0. The van der Waals surface area contributed by atoms with Gasteiger partial charge in [0, 0.05) is 25.7 Å². The lowest BCUT2D eigenvalue weighted by Gasteiger charge is -2.21. The van der Waals surface area contributed by atoms with Crippen molar-refractivity contribution in [2.24, 2.45) is 11.8 Å². The smallest absolute Gasteiger partial charge is 0.462 e. The molecule has 82 heavy (non-hydrogen) atoms. The molecule has 0 heterocycles. The molecule has 0 spiro atoms. The molecule has 2 unspecified atom stereocenters. The number of hydrogen-bond acceptors (Lipinski definition) is 15. The minimum absolute atomic E-state index is 0.0986. The Balaban J connectivity index is 5.10. The Hall–Kier alpha value is -1.94. The third kappa shape index (κ3) is 57.2. The normalized spacial score (nSPS) is 14.3. The summed E-state index contributed by atoms with van der Waals surface area (Å²) in [7, 11) is -9.87. The van der Waals surface area contributed by atoms with Crippen molar-refractivity contribution in [1.82, 2.24) is 0 Å². The first kappa shape index (κ1) is 80.1. The van der Waals surface area contributed by atoms with E-state index in [0.29, 0.717) is 25.7 Å². The van der Waals surface area contributed by atoms with Crippen LogP contribution in [-0.2, 0) is 65.4 Å². The Labute approximate surface area is 498 Å². The van der Waals surface area contributed by atoms with E-state index >= 15 is 0 Å². The number of carbonyl (C=O) groups is 4. The average molecular weight is 1210 g/mol. The Morgan fingerprint density at radius 1 is 0.329 bits per heavy atom. The van der Waals surface area contributed by atoms with Gasteiger partial charge in [-0.25, -0.2) is 9.13 Å². The Morgan fingerprint density at radius 2 is 0.561 bits per heavy atom. The van der Waals surface area contributed by atoms with Gasteiger partial charge in [-0.1, -0.05) is 260 Å². The van der Waals surface area contributed by atoms with Gasteiger partial charge in [0.15, 0.2) is 12.2 Å². The molecule has 486 valence electrons. The van der Waals surface area contributed by atoms with Crippen molar-refractivity contribution in [1.29, 1.82) is 0 Å². The first-order valence-electron chi connectivity index (χ1n) is 33.0. The molecule has 0 aliphatic carbocycles. The van der Waals surface area contributed by atoms with Gasteiger partial charge in [0.05, 0.1) is 26.4 Å². The number of aliphatic hydroxyl groups is 1. The third-order valence-electron chi connectivity index (χ3n) is 14.5. The lowest BCUT2D eigenvalue weighted by Crippen LogP contribution is -2.30. The van der Waals surface area contributed by atoms with Crippen molar-refractivity contribution < 1.29 is 80.2 Å². The van der Waals surface area contributed by atoms with E-state index in [9.17, 15) is 43.2 Å². The highest BCUT2D eigenvalue weighted by Crippen LogP contribution is 2.45. The second-order valence-corrected chi connectivity index (χ2v) is 26.7. The van der Waals surface area contributed by atoms with E-state index in [1.54, 1.807) is 0 Å². The number of phosphoric ester groups is 2. The molecule has 0 aliphatic heterocycles. The highest BCUT2D eigenvalue weighted by atomic mass is 31.2. The maximum absolute atomic E-state index is 13.0. The van der Waals surface area contributed by atoms with E-state index < -0.39 is 97.5 Å². The van der Waals surface area contributed by atoms with Crippen molar-refractivity contribution in [3.8, 4) is 0 Å². The van der Waals surface area contributed by atoms with Crippen molar-refractivity contribution in [2.75, 3.05) is 39.6 Å². The van der Waals surface area contributed by atoms with Crippen LogP contribution >= 0.6 is 15.6 Å². The van der Waals surface area contributed by atoms with Gasteiger partial charge in [0.2, 0.25) is 0 Å². The van der Waals surface area contributed by atoms with Gasteiger partial charge in [-0.15, -0.1) is 0 Å². The van der Waals surface area contributed by atoms with Crippen molar-refractivity contribution in [3.63, 3.8) is 0 Å². The summed E-state index contributed by atoms with van der Waals surface area (Å²) in [6.07, 6.45) is 38.4. The van der Waals surface area contributed by atoms with Gasteiger partial charge in [0.1, 0.15) is 19.3 Å². The Morgan fingerprint density at radius 3 is 0.829 bits per heavy atom. The molecule has 0 saturated carbocycles. The lowest BCUT2D eigenvalue weighted by atomic mass is 10.0. The largest absolute Gasteiger partial charge is 0.472 e. The van der Waals surface area contributed by atoms with Crippen LogP contribution in [0.5, 0.6) is 0 Å². The standard InChI is InChI=1S/C63H122O17P2/c1-7-9-11-31-39-45-60(65)73-51-58(79-62(67)47-41-32-12-10-8-2)53-77-81(69,70)75-49-57(64)50-76-82(71,72)78-54-59(52-74-61(66)46-40-35-29-25-21-18-17-20-24-28-34-38-44-56(5)6)80-63(68)48-42-36-30-26-22-16-14-13-15-19-23-27-33-37-43-55(3)4/h55-59,64H,7-54H2,1-6H3,(H,69,70)(H,71,72)/t57-,58+,59+/m0/s1. The van der Waals surface area contributed by atoms with E-state index in [2.05, 4.69) is 41.5 Å². The summed E-state index contributed by atoms with van der Waals surface area (Å²) in [5.74, 6) is -0.580. The number of unbranched alkanes of at least 4 members (excludes halogenated alkanes) is 32. The van der Waals surface area contributed by atoms with Gasteiger partial charge in [-0.3, -0.25) is 37.3 Å². The van der Waals surface area contributed by atoms with Gasteiger partial charge >= 0.3 is 39.5 Å². The Kier molecular flexibility index (Phi) is 54.3. The highest BCUT2D eigenvalue weighted by molar-refractivity contribution is 7.47. The van der Waals surface area contributed by atoms with Crippen LogP contribution in [0.2, 0.25) is 0 Å². The van der Waals surface area contributed by atoms with Crippen LogP contribution in [0.1, 0.15) is 311 Å². The van der Waals surface area contributed by atoms with Gasteiger partial charge in [0.25, 0.3) is 0 Å². The second-order valence-electron chi connectivity index (χ2n) is 23.7. The van der Waals surface area contributed by atoms with E-state index in [1.165, 1.54) is 122 Å². The number of aliphatic hydroxyl groups excluding tert-OH is 1. The summed E-state index contributed by atoms with van der Waals surface area (Å²) in [4.78, 5) is 71.7. The molecule has 0 rings (SSSR count). The summed E-state index contributed by atoms with van der Waals surface area (Å²) in [6.45, 7) is 9.34. The molecule has 3 N–H and O–H groups in total. The fourth-order valence-electron chi connectivity index (χ4n) is 9.35. The Bertz CT molecular complexity index is 1620. The molecule has 5 atom stereocenters. The van der Waals surface area contributed by atoms with E-state index in [0.717, 1.165) is 108 Å². The van der Waals surface area contributed by atoms with Gasteiger partial charge < -0.3 is 33.8 Å². The summed E-state index contributed by atoms with van der Waals surface area (Å²) < 4.78 is 67.5. The summed E-state index contributed by atoms with van der Waals surface area (Å²) in [6, 6.07) is 0. The molecule has 17 nitrogen and oxygen atoms in total. The SMILES string of the molecule is CCCCCCCC(=O)OC[C@H](COP(=O)(O)OC[C@H](O)COP(=O)(O)OC[C@@H](COC(=O)CCCCCCCCCCCCCCC(C)C)OC(=O)CCCCCCCCCCCCCCCCC(C)C)OC(=O)CCCCCCC. The molecule has 19 heteroatoms. The fraction of sp³-hybridized carbons (Fsp3) is 0.937. The van der Waals surface area contributed by atoms with Crippen LogP contribution in [0.4, 0.5) is 0 Å². The number of esters is 4. The van der Waals surface area contributed by atoms with Crippen molar-refractivity contribution >= 4 is 39.5 Å². The first-order chi connectivity index (χ1) is 39.4. The van der Waals surface area contributed by atoms with Crippen LogP contribution in [0.15, 0.2) is 0 Å². The molecule has 0 fully saturated rings. The van der Waals surface area contributed by atoms with Crippen LogP contribution in [0, 0.1) is 11.8 Å². The lowest BCUT2D eigenvalue weighted by molar-refractivity contribution is -0.161. The monoisotopic (exact) mass is 1210 g/mol. The predicted octanol–water partition coefficient (Wildman–Crippen LogP) is 17.3. The van der Waals surface area contributed by atoms with Crippen LogP contribution < -0.4 is 0 Å². The molecule has 0 radical (unpaired) electrons. The van der Waals surface area contributed by atoms with Gasteiger partial charge in [-0.05, 0) is 37.5 Å². The number of phosphoric acid groups is 2. The quantitative estimate of drug-likeness (QED) is 0.0222. The maximum atomic E-state index is 13.0. The molecule has 0 bridgehead atoms. The third-order valence-corrected chi connectivity index (χ3v) is 16.4. The maximum Gasteiger partial charge on any atom is 0.472 e. The number of rotatable bonds is 62. The van der Waals surface area contributed by atoms with Crippen molar-refractivity contribution in [3.05, 3.63) is 0 Å². The summed E-state index contributed by atoms with van der Waals surface area (Å²) in [5, 5.41) is 10.5. The van der Waals surface area contributed by atoms with Crippen LogP contribution in [0.25, 0.3) is 0 Å². The fourth-order valence-corrected chi connectivity index (χ4v) is 10.9. The molecule has 0 saturated heterocycles. The van der Waals surface area contributed by atoms with Crippen molar-refractivity contribution in [2.45, 2.75) is 330 Å². The molecular formula is C63H122O17P2. The molecule has 0 amide bonds.